The minimum atomic E-state index is 0.431. The lowest BCUT2D eigenvalue weighted by Gasteiger charge is -2.21. The molecule has 100 valence electrons. The lowest BCUT2D eigenvalue weighted by atomic mass is 9.97. The summed E-state index contributed by atoms with van der Waals surface area (Å²) in [5.74, 6) is 1.02. The normalized spacial score (nSPS) is 23.6. The number of halogens is 2. The van der Waals surface area contributed by atoms with Crippen LogP contribution in [0.2, 0.25) is 5.02 Å². The van der Waals surface area contributed by atoms with Crippen LogP contribution < -0.4 is 5.32 Å². The molecule has 1 heterocycles. The summed E-state index contributed by atoms with van der Waals surface area (Å²) in [6.45, 7) is 5.57. The highest BCUT2D eigenvalue weighted by molar-refractivity contribution is 9.10. The number of nitrogens with one attached hydrogen (secondary N) is 1. The van der Waals surface area contributed by atoms with E-state index in [0.717, 1.165) is 28.2 Å². The van der Waals surface area contributed by atoms with Crippen molar-refractivity contribution in [3.05, 3.63) is 32.8 Å². The van der Waals surface area contributed by atoms with Crippen molar-refractivity contribution >= 4 is 39.3 Å². The summed E-state index contributed by atoms with van der Waals surface area (Å²) in [7, 11) is 0. The molecule has 0 radical (unpaired) electrons. The maximum absolute atomic E-state index is 6.40. The Morgan fingerprint density at radius 2 is 2.28 bits per heavy atom. The zero-order chi connectivity index (χ0) is 13.1. The predicted octanol–water partition coefficient (Wildman–Crippen LogP) is 5.17. The quantitative estimate of drug-likeness (QED) is 0.809. The molecule has 1 nitrogen and oxygen atoms in total. The summed E-state index contributed by atoms with van der Waals surface area (Å²) in [4.78, 5) is 0. The largest absolute Gasteiger partial charge is 0.310 e. The van der Waals surface area contributed by atoms with E-state index in [0.29, 0.717) is 11.3 Å². The highest BCUT2D eigenvalue weighted by atomic mass is 79.9. The standard InChI is InChI=1S/C14H19BrClNS/c1-3-4-17-14-5-9(2)18-8-12-11(14)6-10(15)7-13(12)16/h6-7,9,14,17H,3-5,8H2,1-2H3. The average molecular weight is 349 g/mol. The van der Waals surface area contributed by atoms with E-state index in [-0.39, 0.29) is 0 Å². The third-order valence-electron chi connectivity index (χ3n) is 3.29. The Balaban J connectivity index is 2.36. The van der Waals surface area contributed by atoms with Crippen molar-refractivity contribution < 1.29 is 0 Å². The Hall–Kier alpha value is 0.300. The second-order valence-electron chi connectivity index (χ2n) is 4.82. The van der Waals surface area contributed by atoms with Crippen molar-refractivity contribution in [2.45, 2.75) is 43.7 Å². The van der Waals surface area contributed by atoms with Crippen LogP contribution in [0.5, 0.6) is 0 Å². The SMILES string of the molecule is CCCNC1CC(C)SCc2c(Cl)cc(Br)cc21. The van der Waals surface area contributed by atoms with E-state index in [2.05, 4.69) is 41.2 Å². The minimum absolute atomic E-state index is 0.431. The Bertz CT molecular complexity index is 425. The van der Waals surface area contributed by atoms with Crippen molar-refractivity contribution in [1.29, 1.82) is 0 Å². The van der Waals surface area contributed by atoms with Gasteiger partial charge < -0.3 is 5.32 Å². The molecule has 0 saturated carbocycles. The Kier molecular flexibility index (Phi) is 5.43. The molecule has 2 rings (SSSR count). The van der Waals surface area contributed by atoms with Crippen molar-refractivity contribution in [1.82, 2.24) is 5.32 Å². The van der Waals surface area contributed by atoms with Crippen LogP contribution in [0.15, 0.2) is 16.6 Å². The number of hydrogen-bond donors (Lipinski definition) is 1. The van der Waals surface area contributed by atoms with Gasteiger partial charge in [0, 0.05) is 26.5 Å². The van der Waals surface area contributed by atoms with Gasteiger partial charge in [-0.3, -0.25) is 0 Å². The van der Waals surface area contributed by atoms with Gasteiger partial charge in [-0.25, -0.2) is 0 Å². The smallest absolute Gasteiger partial charge is 0.0460 e. The number of rotatable bonds is 3. The van der Waals surface area contributed by atoms with Gasteiger partial charge in [0.05, 0.1) is 0 Å². The van der Waals surface area contributed by atoms with Gasteiger partial charge >= 0.3 is 0 Å². The summed E-state index contributed by atoms with van der Waals surface area (Å²) in [5.41, 5.74) is 2.68. The maximum Gasteiger partial charge on any atom is 0.0460 e. The Morgan fingerprint density at radius 3 is 3.00 bits per heavy atom. The molecule has 1 aromatic carbocycles. The Labute approximate surface area is 127 Å². The lowest BCUT2D eigenvalue weighted by molar-refractivity contribution is 0.499. The van der Waals surface area contributed by atoms with E-state index < -0.39 is 0 Å². The average Bonchev–Trinajstić information content (AvgIpc) is 2.47. The van der Waals surface area contributed by atoms with Crippen LogP contribution in [0.4, 0.5) is 0 Å². The topological polar surface area (TPSA) is 12.0 Å². The van der Waals surface area contributed by atoms with Gasteiger partial charge in [0.2, 0.25) is 0 Å². The molecular formula is C14H19BrClNS. The number of hydrogen-bond acceptors (Lipinski definition) is 2. The first-order valence-corrected chi connectivity index (χ1v) is 8.66. The van der Waals surface area contributed by atoms with Gasteiger partial charge in [-0.15, -0.1) is 0 Å². The first kappa shape index (κ1) is 14.7. The van der Waals surface area contributed by atoms with Gasteiger partial charge in [0.15, 0.2) is 0 Å². The van der Waals surface area contributed by atoms with Crippen LogP contribution >= 0.6 is 39.3 Å². The summed E-state index contributed by atoms with van der Waals surface area (Å²) < 4.78 is 1.08. The summed E-state index contributed by atoms with van der Waals surface area (Å²) in [6, 6.07) is 4.67. The molecule has 1 aliphatic rings. The van der Waals surface area contributed by atoms with Gasteiger partial charge in [0.25, 0.3) is 0 Å². The molecule has 1 aromatic rings. The van der Waals surface area contributed by atoms with E-state index in [4.69, 9.17) is 11.6 Å². The molecule has 0 aromatic heterocycles. The third-order valence-corrected chi connectivity index (χ3v) is 5.30. The van der Waals surface area contributed by atoms with Gasteiger partial charge in [0.1, 0.15) is 0 Å². The predicted molar refractivity (Wildman–Crippen MR) is 85.6 cm³/mol. The Morgan fingerprint density at radius 1 is 1.50 bits per heavy atom. The van der Waals surface area contributed by atoms with E-state index in [1.165, 1.54) is 17.5 Å². The second kappa shape index (κ2) is 6.65. The molecule has 2 atom stereocenters. The van der Waals surface area contributed by atoms with Crippen LogP contribution in [0, 0.1) is 0 Å². The fraction of sp³-hybridized carbons (Fsp3) is 0.571. The molecule has 18 heavy (non-hydrogen) atoms. The molecular weight excluding hydrogens is 330 g/mol. The van der Waals surface area contributed by atoms with E-state index in [1.54, 1.807) is 0 Å². The zero-order valence-corrected chi connectivity index (χ0v) is 14.0. The fourth-order valence-corrected chi connectivity index (χ4v) is 4.43. The lowest BCUT2D eigenvalue weighted by Crippen LogP contribution is -2.24. The number of thioether (sulfide) groups is 1. The monoisotopic (exact) mass is 347 g/mol. The van der Waals surface area contributed by atoms with Crippen molar-refractivity contribution in [2.24, 2.45) is 0 Å². The minimum Gasteiger partial charge on any atom is -0.310 e. The van der Waals surface area contributed by atoms with Crippen LogP contribution in [0.25, 0.3) is 0 Å². The molecule has 4 heteroatoms. The summed E-state index contributed by atoms with van der Waals surface area (Å²) in [5, 5.41) is 5.22. The molecule has 1 aliphatic heterocycles. The van der Waals surface area contributed by atoms with E-state index in [1.807, 2.05) is 17.8 Å². The molecule has 0 saturated heterocycles. The highest BCUT2D eigenvalue weighted by Crippen LogP contribution is 2.39. The van der Waals surface area contributed by atoms with Gasteiger partial charge in [-0.2, -0.15) is 11.8 Å². The number of fused-ring (bicyclic) bond motifs is 1. The fourth-order valence-electron chi connectivity index (χ4n) is 2.35. The van der Waals surface area contributed by atoms with Crippen LogP contribution in [-0.2, 0) is 5.75 Å². The van der Waals surface area contributed by atoms with Crippen LogP contribution in [0.1, 0.15) is 43.9 Å². The molecule has 1 N–H and O–H groups in total. The zero-order valence-electron chi connectivity index (χ0n) is 10.8. The van der Waals surface area contributed by atoms with Crippen molar-refractivity contribution in [3.8, 4) is 0 Å². The maximum atomic E-state index is 6.40. The third kappa shape index (κ3) is 3.44. The second-order valence-corrected chi connectivity index (χ2v) is 7.57. The van der Waals surface area contributed by atoms with Crippen molar-refractivity contribution in [2.75, 3.05) is 6.54 Å². The molecule has 0 fully saturated rings. The first-order valence-electron chi connectivity index (χ1n) is 6.44. The van der Waals surface area contributed by atoms with Crippen molar-refractivity contribution in [3.63, 3.8) is 0 Å². The summed E-state index contributed by atoms with van der Waals surface area (Å²) in [6.07, 6.45) is 2.33. The molecule has 0 spiro atoms. The molecule has 0 amide bonds. The van der Waals surface area contributed by atoms with E-state index in [9.17, 15) is 0 Å². The van der Waals surface area contributed by atoms with Gasteiger partial charge in [-0.1, -0.05) is 41.4 Å². The molecule has 0 bridgehead atoms. The van der Waals surface area contributed by atoms with Crippen LogP contribution in [-0.4, -0.2) is 11.8 Å². The number of benzene rings is 1. The van der Waals surface area contributed by atoms with Crippen LogP contribution in [0.3, 0.4) is 0 Å². The molecule has 0 aliphatic carbocycles. The first-order chi connectivity index (χ1) is 8.61. The molecule has 2 unspecified atom stereocenters. The van der Waals surface area contributed by atoms with E-state index >= 15 is 0 Å². The highest BCUT2D eigenvalue weighted by Gasteiger charge is 2.24. The van der Waals surface area contributed by atoms with Gasteiger partial charge in [-0.05, 0) is 42.6 Å². The summed E-state index contributed by atoms with van der Waals surface area (Å²) >= 11 is 12.0.